The van der Waals surface area contributed by atoms with Crippen molar-refractivity contribution in [2.75, 3.05) is 5.73 Å². The number of hydrogen-bond acceptors (Lipinski definition) is 3. The highest BCUT2D eigenvalue weighted by Crippen LogP contribution is 2.37. The van der Waals surface area contributed by atoms with Gasteiger partial charge in [0.1, 0.15) is 11.5 Å². The van der Waals surface area contributed by atoms with Gasteiger partial charge in [-0.05, 0) is 50.3 Å². The molecule has 1 aromatic rings. The number of rotatable bonds is 4. The van der Waals surface area contributed by atoms with Crippen LogP contribution in [-0.4, -0.2) is 13.9 Å². The third-order valence-corrected chi connectivity index (χ3v) is 4.73. The van der Waals surface area contributed by atoms with Crippen molar-refractivity contribution in [2.45, 2.75) is 51.0 Å². The van der Waals surface area contributed by atoms with Gasteiger partial charge in [-0.1, -0.05) is 6.92 Å². The molecule has 0 aromatic carbocycles. The molecule has 0 saturated heterocycles. The van der Waals surface area contributed by atoms with Crippen LogP contribution in [0.4, 0.5) is 19.0 Å². The molecule has 0 saturated carbocycles. The minimum Gasteiger partial charge on any atom is -0.384 e. The number of nitrogens with zero attached hydrogens (tertiary/aromatic N) is 1. The Morgan fingerprint density at radius 1 is 1.38 bits per heavy atom. The number of alkyl halides is 3. The van der Waals surface area contributed by atoms with E-state index in [2.05, 4.69) is 4.98 Å². The Balaban J connectivity index is 3.25. The summed E-state index contributed by atoms with van der Waals surface area (Å²) in [4.78, 5) is 3.39. The van der Waals surface area contributed by atoms with Crippen LogP contribution in [0.5, 0.6) is 0 Å². The monoisotopic (exact) mass is 323 g/mol. The minimum atomic E-state index is -4.56. The molecule has 0 aliphatic carbocycles. The Morgan fingerprint density at radius 3 is 2.33 bits per heavy atom. The third kappa shape index (κ3) is 4.16. The number of nitrogen functional groups attached to an aromatic ring is 1. The minimum absolute atomic E-state index is 0.0443. The van der Waals surface area contributed by atoms with Gasteiger partial charge < -0.3 is 5.73 Å². The molecule has 0 aliphatic heterocycles. The summed E-state index contributed by atoms with van der Waals surface area (Å²) in [7, 11) is -1.57. The molecule has 1 rings (SSSR count). The summed E-state index contributed by atoms with van der Waals surface area (Å²) in [5.74, 6) is -0.458. The summed E-state index contributed by atoms with van der Waals surface area (Å²) in [6.07, 6.45) is -4.18. The maximum atomic E-state index is 13.0. The van der Waals surface area contributed by atoms with Crippen LogP contribution in [-0.2, 0) is 17.2 Å². The summed E-state index contributed by atoms with van der Waals surface area (Å²) in [6.45, 7) is 6.55. The molecule has 4 N–H and O–H groups in total. The number of hydrogen-bond donors (Lipinski definition) is 2. The molecule has 0 bridgehead atoms. The fourth-order valence-corrected chi connectivity index (χ4v) is 2.78. The van der Waals surface area contributed by atoms with E-state index in [0.717, 1.165) is 0 Å². The molecule has 0 fully saturated rings. The van der Waals surface area contributed by atoms with Crippen molar-refractivity contribution < 1.29 is 17.4 Å². The molecule has 0 spiro atoms. The van der Waals surface area contributed by atoms with E-state index in [1.54, 1.807) is 20.8 Å². The largest absolute Gasteiger partial charge is 0.433 e. The Labute approximate surface area is 124 Å². The summed E-state index contributed by atoms with van der Waals surface area (Å²) in [5, 5.41) is 5.42. The molecule has 1 heterocycles. The van der Waals surface area contributed by atoms with Crippen LogP contribution in [0.2, 0.25) is 0 Å². The molecule has 4 nitrogen and oxygen atoms in total. The van der Waals surface area contributed by atoms with Crippen LogP contribution in [0.1, 0.15) is 49.9 Å². The molecule has 0 radical (unpaired) electrons. The van der Waals surface area contributed by atoms with Crippen molar-refractivity contribution in [2.24, 2.45) is 5.14 Å². The van der Waals surface area contributed by atoms with Crippen LogP contribution < -0.4 is 10.9 Å². The molecule has 0 amide bonds. The zero-order chi connectivity index (χ0) is 16.6. The van der Waals surface area contributed by atoms with Gasteiger partial charge in [0.2, 0.25) is 0 Å². The highest BCUT2D eigenvalue weighted by atomic mass is 32.2. The Bertz CT molecular complexity index is 558. The lowest BCUT2D eigenvalue weighted by atomic mass is 9.88. The van der Waals surface area contributed by atoms with Crippen molar-refractivity contribution in [3.8, 4) is 0 Å². The zero-order valence-corrected chi connectivity index (χ0v) is 13.2. The smallest absolute Gasteiger partial charge is 0.384 e. The van der Waals surface area contributed by atoms with Gasteiger partial charge >= 0.3 is 6.18 Å². The molecular weight excluding hydrogens is 303 g/mol. The lowest BCUT2D eigenvalue weighted by molar-refractivity contribution is -0.141. The number of anilines is 1. The van der Waals surface area contributed by atoms with Crippen LogP contribution >= 0.6 is 0 Å². The lowest BCUT2D eigenvalue weighted by Crippen LogP contribution is -2.33. The van der Waals surface area contributed by atoms with Crippen molar-refractivity contribution in [3.05, 3.63) is 22.9 Å². The molecule has 0 aliphatic rings. The number of halogens is 3. The highest BCUT2D eigenvalue weighted by Gasteiger charge is 2.37. The predicted octanol–water partition coefficient (Wildman–Crippen LogP) is 2.89. The van der Waals surface area contributed by atoms with Crippen molar-refractivity contribution >= 4 is 16.8 Å². The van der Waals surface area contributed by atoms with E-state index in [1.807, 2.05) is 0 Å². The van der Waals surface area contributed by atoms with Gasteiger partial charge in [0, 0.05) is 0 Å². The predicted molar refractivity (Wildman–Crippen MR) is 77.8 cm³/mol. The first-order valence-corrected chi connectivity index (χ1v) is 7.58. The van der Waals surface area contributed by atoms with Crippen molar-refractivity contribution in [3.63, 3.8) is 0 Å². The van der Waals surface area contributed by atoms with Crippen LogP contribution in [0.3, 0.4) is 0 Å². The van der Waals surface area contributed by atoms with Crippen LogP contribution in [0.15, 0.2) is 6.07 Å². The Morgan fingerprint density at radius 2 is 1.90 bits per heavy atom. The van der Waals surface area contributed by atoms with E-state index >= 15 is 0 Å². The summed E-state index contributed by atoms with van der Waals surface area (Å²) in [5.41, 5.74) is 5.01. The fraction of sp³-hybridized carbons (Fsp3) is 0.615. The maximum Gasteiger partial charge on any atom is 0.433 e. The van der Waals surface area contributed by atoms with Crippen LogP contribution in [0, 0.1) is 6.92 Å². The topological polar surface area (TPSA) is 82.0 Å². The summed E-state index contributed by atoms with van der Waals surface area (Å²) < 4.78 is 49.6. The second kappa shape index (κ2) is 5.92. The van der Waals surface area contributed by atoms with E-state index < -0.39 is 27.6 Å². The maximum absolute atomic E-state index is 13.0. The number of nitrogens with two attached hydrogens (primary N) is 2. The number of aromatic nitrogens is 1. The van der Waals surface area contributed by atoms with Crippen LogP contribution in [0.25, 0.3) is 0 Å². The van der Waals surface area contributed by atoms with Gasteiger partial charge in [-0.2, -0.15) is 13.2 Å². The second-order valence-corrected chi connectivity index (χ2v) is 7.47. The van der Waals surface area contributed by atoms with Gasteiger partial charge in [0.25, 0.3) is 0 Å². The van der Waals surface area contributed by atoms with Gasteiger partial charge in [0.15, 0.2) is 0 Å². The van der Waals surface area contributed by atoms with E-state index in [9.17, 15) is 17.4 Å². The quantitative estimate of drug-likeness (QED) is 0.894. The van der Waals surface area contributed by atoms with E-state index in [-0.39, 0.29) is 17.3 Å². The Kier molecular flexibility index (Phi) is 5.05. The fourth-order valence-electron chi connectivity index (χ4n) is 2.37. The van der Waals surface area contributed by atoms with Gasteiger partial charge in [-0.25, -0.2) is 9.19 Å². The van der Waals surface area contributed by atoms with E-state index in [0.29, 0.717) is 12.0 Å². The summed E-state index contributed by atoms with van der Waals surface area (Å²) >= 11 is 0. The average molecular weight is 323 g/mol. The molecule has 1 aromatic heterocycles. The third-order valence-electron chi connectivity index (χ3n) is 3.47. The molecular formula is C13H20F3N3OS. The van der Waals surface area contributed by atoms with E-state index in [1.165, 1.54) is 13.0 Å². The normalized spacial score (nSPS) is 15.8. The average Bonchev–Trinajstić information content (AvgIpc) is 2.29. The highest BCUT2D eigenvalue weighted by molar-refractivity contribution is 7.84. The van der Waals surface area contributed by atoms with Gasteiger partial charge in [0.05, 0.1) is 15.7 Å². The van der Waals surface area contributed by atoms with Crippen molar-refractivity contribution in [1.82, 2.24) is 4.98 Å². The lowest BCUT2D eigenvalue weighted by Gasteiger charge is -2.27. The molecule has 8 heteroatoms. The number of pyridine rings is 1. The zero-order valence-electron chi connectivity index (χ0n) is 12.4. The first-order chi connectivity index (χ1) is 9.36. The molecule has 2 atom stereocenters. The van der Waals surface area contributed by atoms with E-state index in [4.69, 9.17) is 10.9 Å². The van der Waals surface area contributed by atoms with Gasteiger partial charge in [-0.15, -0.1) is 0 Å². The second-order valence-electron chi connectivity index (χ2n) is 5.77. The molecule has 21 heavy (non-hydrogen) atoms. The Hall–Kier alpha value is -1.15. The first-order valence-electron chi connectivity index (χ1n) is 6.36. The van der Waals surface area contributed by atoms with Crippen molar-refractivity contribution in [1.29, 1.82) is 0 Å². The molecule has 1 unspecified atom stereocenters. The summed E-state index contributed by atoms with van der Waals surface area (Å²) in [6, 6.07) is 1.44. The SMILES string of the molecule is Cc1c([C@H](C)CC(C)(C)S(N)=O)cc(N)nc1C(F)(F)F. The molecule has 120 valence electrons. The van der Waals surface area contributed by atoms with Gasteiger partial charge in [-0.3, -0.25) is 5.14 Å². The standard InChI is InChI=1S/C13H20F3N3OS/c1-7(6-12(3,4)21(18)20)9-5-10(17)19-11(8(9)2)13(14,15)16/h5,7H,6,18H2,1-4H3,(H2,17,19)/t7-,21?/m1/s1. The first kappa shape index (κ1) is 17.9.